The molecular weight excluding hydrogens is 250 g/mol. The molecule has 0 aromatic carbocycles. The highest BCUT2D eigenvalue weighted by Gasteiger charge is 2.17. The number of aromatic nitrogens is 4. The van der Waals surface area contributed by atoms with Crippen LogP contribution < -0.4 is 5.32 Å². The summed E-state index contributed by atoms with van der Waals surface area (Å²) < 4.78 is 3.30. The fourth-order valence-electron chi connectivity index (χ4n) is 1.68. The van der Waals surface area contributed by atoms with Gasteiger partial charge < -0.3 is 5.32 Å². The van der Waals surface area contributed by atoms with Crippen LogP contribution in [0.1, 0.15) is 10.4 Å². The molecule has 2 aromatic heterocycles. The molecule has 6 nitrogen and oxygen atoms in total. The summed E-state index contributed by atoms with van der Waals surface area (Å²) >= 11 is 4.06. The molecule has 0 bridgehead atoms. The van der Waals surface area contributed by atoms with Gasteiger partial charge in [0.2, 0.25) is 0 Å². The van der Waals surface area contributed by atoms with Gasteiger partial charge in [-0.15, -0.1) is 0 Å². The fraction of sp³-hybridized carbons (Fsp3) is 0.364. The van der Waals surface area contributed by atoms with Crippen molar-refractivity contribution in [1.82, 2.24) is 24.9 Å². The molecule has 0 saturated heterocycles. The SMILES string of the molecule is Cn1cc(-c2nn(C)cc2C(=O)NCCS)cn1. The van der Waals surface area contributed by atoms with Gasteiger partial charge in [-0.25, -0.2) is 0 Å². The minimum atomic E-state index is -0.143. The third-order valence-corrected chi connectivity index (χ3v) is 2.67. The van der Waals surface area contributed by atoms with Crippen LogP contribution >= 0.6 is 12.6 Å². The van der Waals surface area contributed by atoms with Crippen molar-refractivity contribution in [2.45, 2.75) is 0 Å². The summed E-state index contributed by atoms with van der Waals surface area (Å²) in [4.78, 5) is 12.0. The van der Waals surface area contributed by atoms with Crippen LogP contribution in [0.4, 0.5) is 0 Å². The first-order chi connectivity index (χ1) is 8.61. The van der Waals surface area contributed by atoms with Crippen molar-refractivity contribution >= 4 is 18.5 Å². The lowest BCUT2D eigenvalue weighted by Gasteiger charge is -2.01. The highest BCUT2D eigenvalue weighted by molar-refractivity contribution is 7.80. The van der Waals surface area contributed by atoms with E-state index in [2.05, 4.69) is 28.1 Å². The van der Waals surface area contributed by atoms with Gasteiger partial charge in [0.05, 0.1) is 11.8 Å². The smallest absolute Gasteiger partial charge is 0.255 e. The van der Waals surface area contributed by atoms with E-state index in [9.17, 15) is 4.79 Å². The second kappa shape index (κ2) is 5.26. The van der Waals surface area contributed by atoms with E-state index in [0.717, 1.165) is 5.56 Å². The first-order valence-corrected chi connectivity index (χ1v) is 6.17. The van der Waals surface area contributed by atoms with Crippen molar-refractivity contribution in [3.8, 4) is 11.3 Å². The van der Waals surface area contributed by atoms with Gasteiger partial charge in [0, 0.05) is 44.4 Å². The molecule has 0 saturated carbocycles. The number of hydrogen-bond acceptors (Lipinski definition) is 4. The third-order valence-electron chi connectivity index (χ3n) is 2.45. The van der Waals surface area contributed by atoms with E-state index in [0.29, 0.717) is 23.6 Å². The van der Waals surface area contributed by atoms with Crippen molar-refractivity contribution in [2.24, 2.45) is 14.1 Å². The number of thiol groups is 1. The minimum Gasteiger partial charge on any atom is -0.351 e. The molecule has 0 aliphatic rings. The lowest BCUT2D eigenvalue weighted by molar-refractivity contribution is 0.0956. The van der Waals surface area contributed by atoms with Gasteiger partial charge in [-0.2, -0.15) is 22.8 Å². The summed E-state index contributed by atoms with van der Waals surface area (Å²) in [6, 6.07) is 0. The summed E-state index contributed by atoms with van der Waals surface area (Å²) in [5.74, 6) is 0.463. The maximum atomic E-state index is 12.0. The van der Waals surface area contributed by atoms with E-state index in [4.69, 9.17) is 0 Å². The maximum Gasteiger partial charge on any atom is 0.255 e. The zero-order valence-electron chi connectivity index (χ0n) is 10.3. The van der Waals surface area contributed by atoms with Crippen LogP contribution in [0.5, 0.6) is 0 Å². The normalized spacial score (nSPS) is 10.6. The minimum absolute atomic E-state index is 0.143. The van der Waals surface area contributed by atoms with E-state index in [1.54, 1.807) is 28.8 Å². The predicted octanol–water partition coefficient (Wildman–Crippen LogP) is 0.480. The lowest BCUT2D eigenvalue weighted by Crippen LogP contribution is -2.25. The Balaban J connectivity index is 2.33. The van der Waals surface area contributed by atoms with E-state index in [1.165, 1.54) is 0 Å². The van der Waals surface area contributed by atoms with E-state index in [-0.39, 0.29) is 5.91 Å². The Hall–Kier alpha value is -1.76. The predicted molar refractivity (Wildman–Crippen MR) is 71.6 cm³/mol. The summed E-state index contributed by atoms with van der Waals surface area (Å²) in [6.45, 7) is 0.531. The largest absolute Gasteiger partial charge is 0.351 e. The van der Waals surface area contributed by atoms with Crippen molar-refractivity contribution in [2.75, 3.05) is 12.3 Å². The number of carbonyl (C=O) groups is 1. The molecule has 0 unspecified atom stereocenters. The Kier molecular flexibility index (Phi) is 3.71. The molecule has 0 radical (unpaired) electrons. The summed E-state index contributed by atoms with van der Waals surface area (Å²) in [7, 11) is 3.61. The number of hydrogen-bond donors (Lipinski definition) is 2. The van der Waals surface area contributed by atoms with Gasteiger partial charge >= 0.3 is 0 Å². The first-order valence-electron chi connectivity index (χ1n) is 5.53. The Labute approximate surface area is 110 Å². The maximum absolute atomic E-state index is 12.0. The molecule has 2 aromatic rings. The van der Waals surface area contributed by atoms with Gasteiger partial charge in [-0.1, -0.05) is 0 Å². The molecule has 0 aliphatic carbocycles. The van der Waals surface area contributed by atoms with Crippen LogP contribution in [0.25, 0.3) is 11.3 Å². The molecule has 2 rings (SSSR count). The molecule has 0 fully saturated rings. The average molecular weight is 265 g/mol. The van der Waals surface area contributed by atoms with E-state index >= 15 is 0 Å². The van der Waals surface area contributed by atoms with Gasteiger partial charge in [-0.3, -0.25) is 14.2 Å². The number of nitrogens with zero attached hydrogens (tertiary/aromatic N) is 4. The van der Waals surface area contributed by atoms with Crippen molar-refractivity contribution in [3.63, 3.8) is 0 Å². The molecule has 0 atom stereocenters. The van der Waals surface area contributed by atoms with Crippen LogP contribution in [0.3, 0.4) is 0 Å². The molecule has 1 amide bonds. The zero-order chi connectivity index (χ0) is 13.1. The van der Waals surface area contributed by atoms with Crippen LogP contribution in [0.2, 0.25) is 0 Å². The molecule has 96 valence electrons. The monoisotopic (exact) mass is 265 g/mol. The summed E-state index contributed by atoms with van der Waals surface area (Å²) in [6.07, 6.45) is 5.23. The Morgan fingerprint density at radius 1 is 1.39 bits per heavy atom. The quantitative estimate of drug-likeness (QED) is 0.790. The molecule has 7 heteroatoms. The van der Waals surface area contributed by atoms with Crippen LogP contribution in [-0.2, 0) is 14.1 Å². The topological polar surface area (TPSA) is 64.7 Å². The summed E-state index contributed by atoms with van der Waals surface area (Å²) in [5.41, 5.74) is 2.02. The highest BCUT2D eigenvalue weighted by atomic mass is 32.1. The molecule has 0 spiro atoms. The Bertz CT molecular complexity index is 560. The second-order valence-electron chi connectivity index (χ2n) is 3.95. The first kappa shape index (κ1) is 12.7. The van der Waals surface area contributed by atoms with Gasteiger partial charge in [0.25, 0.3) is 5.91 Å². The lowest BCUT2D eigenvalue weighted by atomic mass is 10.1. The average Bonchev–Trinajstić information content (AvgIpc) is 2.92. The Morgan fingerprint density at radius 3 is 2.78 bits per heavy atom. The van der Waals surface area contributed by atoms with E-state index in [1.807, 2.05) is 13.2 Å². The van der Waals surface area contributed by atoms with Crippen LogP contribution in [0, 0.1) is 0 Å². The number of rotatable bonds is 4. The van der Waals surface area contributed by atoms with Crippen molar-refractivity contribution < 1.29 is 4.79 Å². The van der Waals surface area contributed by atoms with Crippen molar-refractivity contribution in [1.29, 1.82) is 0 Å². The van der Waals surface area contributed by atoms with Gasteiger partial charge in [0.1, 0.15) is 5.69 Å². The van der Waals surface area contributed by atoms with Crippen LogP contribution in [0.15, 0.2) is 18.6 Å². The zero-order valence-corrected chi connectivity index (χ0v) is 11.2. The molecule has 2 heterocycles. The molecule has 18 heavy (non-hydrogen) atoms. The second-order valence-corrected chi connectivity index (χ2v) is 4.39. The number of amides is 1. The standard InChI is InChI=1S/C11H15N5OS/c1-15-6-8(5-13-15)10-9(7-16(2)14-10)11(17)12-3-4-18/h5-7,18H,3-4H2,1-2H3,(H,12,17). The number of carbonyl (C=O) groups excluding carboxylic acids is 1. The number of aryl methyl sites for hydroxylation is 2. The molecule has 0 aliphatic heterocycles. The third kappa shape index (κ3) is 2.56. The summed E-state index contributed by atoms with van der Waals surface area (Å²) in [5, 5.41) is 11.2. The van der Waals surface area contributed by atoms with Gasteiger partial charge in [-0.05, 0) is 0 Å². The fourth-order valence-corrected chi connectivity index (χ4v) is 1.79. The molecule has 1 N–H and O–H groups in total. The van der Waals surface area contributed by atoms with Gasteiger partial charge in [0.15, 0.2) is 0 Å². The van der Waals surface area contributed by atoms with Crippen LogP contribution in [-0.4, -0.2) is 37.8 Å². The van der Waals surface area contributed by atoms with Crippen molar-refractivity contribution in [3.05, 3.63) is 24.2 Å². The van der Waals surface area contributed by atoms with E-state index < -0.39 is 0 Å². The molecular formula is C11H15N5OS. The number of nitrogens with one attached hydrogen (secondary N) is 1. The Morgan fingerprint density at radius 2 is 2.17 bits per heavy atom. The highest BCUT2D eigenvalue weighted by Crippen LogP contribution is 2.20.